The van der Waals surface area contributed by atoms with E-state index in [1.807, 2.05) is 31.2 Å². The van der Waals surface area contributed by atoms with E-state index in [1.54, 1.807) is 4.90 Å². The molecule has 17 heavy (non-hydrogen) atoms. The average Bonchev–Trinajstić information content (AvgIpc) is 2.32. The molecule has 5 heteroatoms. The van der Waals surface area contributed by atoms with Crippen LogP contribution in [0.3, 0.4) is 0 Å². The fourth-order valence-corrected chi connectivity index (χ4v) is 1.97. The first-order chi connectivity index (χ1) is 8.11. The number of hydrogen-bond donors (Lipinski definition) is 4. The van der Waals surface area contributed by atoms with Crippen molar-refractivity contribution >= 4 is 0 Å². The van der Waals surface area contributed by atoms with E-state index in [2.05, 4.69) is 0 Å². The molecule has 1 rings (SSSR count). The van der Waals surface area contributed by atoms with E-state index in [0.29, 0.717) is 6.54 Å². The molecule has 98 valence electrons. The van der Waals surface area contributed by atoms with Crippen LogP contribution in [0.15, 0.2) is 24.3 Å². The zero-order valence-electron chi connectivity index (χ0n) is 9.98. The minimum absolute atomic E-state index is 0.240. The third kappa shape index (κ3) is 3.62. The highest BCUT2D eigenvalue weighted by Gasteiger charge is 2.40. The zero-order chi connectivity index (χ0) is 12.8. The topological polar surface area (TPSA) is 84.2 Å². The smallest absolute Gasteiger partial charge is 0.109 e. The molecule has 0 bridgehead atoms. The van der Waals surface area contributed by atoms with Crippen LogP contribution in [0.2, 0.25) is 0 Å². The number of likely N-dealkylation sites (tertiary alicyclic amines) is 1. The molecule has 0 amide bonds. The summed E-state index contributed by atoms with van der Waals surface area (Å²) in [5, 5.41) is 38.0. The van der Waals surface area contributed by atoms with Crippen LogP contribution in [-0.4, -0.2) is 69.4 Å². The van der Waals surface area contributed by atoms with E-state index < -0.39 is 24.4 Å². The van der Waals surface area contributed by atoms with Gasteiger partial charge in [-0.05, 0) is 6.92 Å². The van der Waals surface area contributed by atoms with Crippen molar-refractivity contribution in [1.82, 2.24) is 4.90 Å². The Hall–Kier alpha value is -0.720. The van der Waals surface area contributed by atoms with E-state index in [9.17, 15) is 20.4 Å². The van der Waals surface area contributed by atoms with Gasteiger partial charge in [0.25, 0.3) is 0 Å². The average molecular weight is 243 g/mol. The first-order valence-corrected chi connectivity index (χ1v) is 5.78. The Morgan fingerprint density at radius 2 is 1.88 bits per heavy atom. The number of allylic oxidation sites excluding steroid dienone is 3. The molecular formula is C12H21NO4. The summed E-state index contributed by atoms with van der Waals surface area (Å²) < 4.78 is 0. The fourth-order valence-electron chi connectivity index (χ4n) is 1.97. The number of hydrogen-bond acceptors (Lipinski definition) is 5. The lowest BCUT2D eigenvalue weighted by Gasteiger charge is -2.42. The molecule has 0 aromatic carbocycles. The maximum atomic E-state index is 9.73. The van der Waals surface area contributed by atoms with Crippen molar-refractivity contribution in [2.75, 3.05) is 19.7 Å². The van der Waals surface area contributed by atoms with Crippen LogP contribution in [-0.2, 0) is 0 Å². The molecule has 1 aliphatic heterocycles. The van der Waals surface area contributed by atoms with Crippen molar-refractivity contribution in [2.24, 2.45) is 0 Å². The van der Waals surface area contributed by atoms with Crippen LogP contribution in [0.1, 0.15) is 6.92 Å². The maximum Gasteiger partial charge on any atom is 0.109 e. The van der Waals surface area contributed by atoms with Crippen molar-refractivity contribution in [1.29, 1.82) is 0 Å². The summed E-state index contributed by atoms with van der Waals surface area (Å²) in [5.41, 5.74) is 0. The number of aliphatic hydroxyl groups is 4. The number of nitrogens with zero attached hydrogens (tertiary/aromatic N) is 1. The summed E-state index contributed by atoms with van der Waals surface area (Å²) in [5.74, 6) is 0. The molecule has 5 nitrogen and oxygen atoms in total. The van der Waals surface area contributed by atoms with Gasteiger partial charge in [-0.3, -0.25) is 4.90 Å². The Bertz CT molecular complexity index is 280. The zero-order valence-corrected chi connectivity index (χ0v) is 9.98. The Labute approximate surface area is 101 Å². The lowest BCUT2D eigenvalue weighted by molar-refractivity contribution is -0.142. The van der Waals surface area contributed by atoms with Gasteiger partial charge in [0, 0.05) is 13.1 Å². The number of aliphatic hydroxyl groups excluding tert-OH is 4. The van der Waals surface area contributed by atoms with Gasteiger partial charge >= 0.3 is 0 Å². The van der Waals surface area contributed by atoms with Crippen LogP contribution in [0, 0.1) is 0 Å². The summed E-state index contributed by atoms with van der Waals surface area (Å²) in [6, 6.07) is -0.538. The minimum atomic E-state index is -1.19. The molecular weight excluding hydrogens is 222 g/mol. The third-order valence-electron chi connectivity index (χ3n) is 3.00. The second-order valence-corrected chi connectivity index (χ2v) is 4.21. The highest BCUT2D eigenvalue weighted by molar-refractivity contribution is 5.04. The third-order valence-corrected chi connectivity index (χ3v) is 3.00. The fraction of sp³-hybridized carbons (Fsp3) is 0.667. The summed E-state index contributed by atoms with van der Waals surface area (Å²) in [6.45, 7) is 2.41. The molecule has 1 heterocycles. The van der Waals surface area contributed by atoms with Gasteiger partial charge in [-0.1, -0.05) is 24.3 Å². The first kappa shape index (κ1) is 14.3. The van der Waals surface area contributed by atoms with E-state index >= 15 is 0 Å². The molecule has 0 aromatic heterocycles. The second kappa shape index (κ2) is 6.88. The highest BCUT2D eigenvalue weighted by Crippen LogP contribution is 2.18. The molecule has 0 aromatic rings. The van der Waals surface area contributed by atoms with Crippen molar-refractivity contribution in [3.05, 3.63) is 24.3 Å². The molecule has 0 radical (unpaired) electrons. The standard InChI is InChI=1S/C12H21NO4/c1-2-3-4-5-6-13-7-10(15)12(17)11(16)9(13)8-14/h2-5,9-12,14-17H,6-8H2,1H3. The van der Waals surface area contributed by atoms with Crippen molar-refractivity contribution in [3.63, 3.8) is 0 Å². The van der Waals surface area contributed by atoms with Crippen LogP contribution in [0.25, 0.3) is 0 Å². The molecule has 4 atom stereocenters. The second-order valence-electron chi connectivity index (χ2n) is 4.21. The largest absolute Gasteiger partial charge is 0.395 e. The molecule has 1 fully saturated rings. The van der Waals surface area contributed by atoms with Crippen LogP contribution >= 0.6 is 0 Å². The first-order valence-electron chi connectivity index (χ1n) is 5.78. The minimum Gasteiger partial charge on any atom is -0.395 e. The van der Waals surface area contributed by atoms with E-state index in [4.69, 9.17) is 0 Å². The number of rotatable bonds is 4. The lowest BCUT2D eigenvalue weighted by atomic mass is 9.94. The lowest BCUT2D eigenvalue weighted by Crippen LogP contribution is -2.62. The summed E-state index contributed by atoms with van der Waals surface area (Å²) in [4.78, 5) is 1.75. The van der Waals surface area contributed by atoms with Crippen LogP contribution in [0.5, 0.6) is 0 Å². The van der Waals surface area contributed by atoms with Gasteiger partial charge in [-0.25, -0.2) is 0 Å². The molecule has 4 N–H and O–H groups in total. The predicted octanol–water partition coefficient (Wildman–Crippen LogP) is -1.12. The molecule has 0 saturated carbocycles. The summed E-state index contributed by atoms with van der Waals surface area (Å²) in [7, 11) is 0. The van der Waals surface area contributed by atoms with Gasteiger partial charge in [-0.2, -0.15) is 0 Å². The van der Waals surface area contributed by atoms with Gasteiger partial charge in [0.05, 0.1) is 18.8 Å². The Kier molecular flexibility index (Phi) is 5.80. The van der Waals surface area contributed by atoms with Crippen LogP contribution in [0.4, 0.5) is 0 Å². The number of piperidine rings is 1. The van der Waals surface area contributed by atoms with E-state index in [-0.39, 0.29) is 13.2 Å². The van der Waals surface area contributed by atoms with Crippen molar-refractivity contribution in [2.45, 2.75) is 31.3 Å². The Morgan fingerprint density at radius 1 is 1.18 bits per heavy atom. The summed E-state index contributed by atoms with van der Waals surface area (Å²) in [6.07, 6.45) is 4.20. The highest BCUT2D eigenvalue weighted by atomic mass is 16.4. The van der Waals surface area contributed by atoms with Gasteiger partial charge in [0.15, 0.2) is 0 Å². The molecule has 0 spiro atoms. The van der Waals surface area contributed by atoms with Crippen molar-refractivity contribution < 1.29 is 20.4 Å². The monoisotopic (exact) mass is 243 g/mol. The maximum absolute atomic E-state index is 9.73. The Morgan fingerprint density at radius 3 is 2.47 bits per heavy atom. The molecule has 1 aliphatic rings. The Balaban J connectivity index is 2.62. The van der Waals surface area contributed by atoms with E-state index in [0.717, 1.165) is 0 Å². The van der Waals surface area contributed by atoms with Gasteiger partial charge in [-0.15, -0.1) is 0 Å². The van der Waals surface area contributed by atoms with Gasteiger partial charge < -0.3 is 20.4 Å². The molecule has 4 unspecified atom stereocenters. The van der Waals surface area contributed by atoms with Crippen molar-refractivity contribution in [3.8, 4) is 0 Å². The SMILES string of the molecule is CC=CC=CCN1CC(O)C(O)C(O)C1CO. The number of β-amino-alcohol motifs (C(OH)–C–C–N with tert-alkyl or cyclic N) is 1. The van der Waals surface area contributed by atoms with E-state index in [1.165, 1.54) is 0 Å². The predicted molar refractivity (Wildman–Crippen MR) is 64.4 cm³/mol. The molecule has 1 saturated heterocycles. The summed E-state index contributed by atoms with van der Waals surface area (Å²) >= 11 is 0. The van der Waals surface area contributed by atoms with Crippen LogP contribution < -0.4 is 0 Å². The molecule has 0 aliphatic carbocycles. The quantitative estimate of drug-likeness (QED) is 0.470. The van der Waals surface area contributed by atoms with Gasteiger partial charge in [0.2, 0.25) is 0 Å². The normalized spacial score (nSPS) is 36.1. The van der Waals surface area contributed by atoms with Gasteiger partial charge in [0.1, 0.15) is 12.2 Å².